The third-order valence-corrected chi connectivity index (χ3v) is 5.73. The van der Waals surface area contributed by atoms with E-state index in [9.17, 15) is 10.1 Å². The van der Waals surface area contributed by atoms with Crippen molar-refractivity contribution < 1.29 is 4.79 Å². The monoisotopic (exact) mass is 427 g/mol. The van der Waals surface area contributed by atoms with E-state index >= 15 is 0 Å². The highest BCUT2D eigenvalue weighted by atomic mass is 16.1. The van der Waals surface area contributed by atoms with Gasteiger partial charge in [-0.25, -0.2) is 0 Å². The van der Waals surface area contributed by atoms with Gasteiger partial charge in [-0.05, 0) is 76.1 Å². The van der Waals surface area contributed by atoms with Crippen molar-refractivity contribution in [3.8, 4) is 6.07 Å². The van der Waals surface area contributed by atoms with E-state index in [-0.39, 0.29) is 5.91 Å². The van der Waals surface area contributed by atoms with Gasteiger partial charge in [-0.3, -0.25) is 9.78 Å². The minimum absolute atomic E-state index is 0.285. The second-order valence-electron chi connectivity index (χ2n) is 8.57. The molecule has 0 aliphatic carbocycles. The Morgan fingerprint density at radius 2 is 2.09 bits per heavy atom. The van der Waals surface area contributed by atoms with Crippen LogP contribution in [-0.4, -0.2) is 27.5 Å². The summed E-state index contributed by atoms with van der Waals surface area (Å²) in [7, 11) is 0. The van der Waals surface area contributed by atoms with Gasteiger partial charge in [-0.1, -0.05) is 13.0 Å². The van der Waals surface area contributed by atoms with Gasteiger partial charge < -0.3 is 15.6 Å². The van der Waals surface area contributed by atoms with Gasteiger partial charge >= 0.3 is 0 Å². The first-order chi connectivity index (χ1) is 15.2. The minimum Gasteiger partial charge on any atom is -0.345 e. The normalized spacial score (nSPS) is 15.7. The largest absolute Gasteiger partial charge is 0.345 e. The number of rotatable bonds is 7. The average molecular weight is 428 g/mol. The van der Waals surface area contributed by atoms with Crippen molar-refractivity contribution in [2.45, 2.75) is 52.5 Å². The van der Waals surface area contributed by atoms with Gasteiger partial charge in [0.1, 0.15) is 0 Å². The highest BCUT2D eigenvalue weighted by Crippen LogP contribution is 2.24. The van der Waals surface area contributed by atoms with Crippen LogP contribution in [0.5, 0.6) is 0 Å². The molecule has 0 spiro atoms. The number of carbonyl (C=O) groups excluding carboxylic acids is 1. The lowest BCUT2D eigenvalue weighted by atomic mass is 9.90. The minimum atomic E-state index is -0.783. The summed E-state index contributed by atoms with van der Waals surface area (Å²) in [4.78, 5) is 19.2. The molecular formula is C26H29N5O. The van der Waals surface area contributed by atoms with Gasteiger partial charge in [0.15, 0.2) is 0 Å². The SMILES string of the molecule is CCC1C=CN1/C(C)=C/C(=N)c1cc(NC(=O)c2ccnc(C(C)(C)C#N)c2)ccc1C. The summed E-state index contributed by atoms with van der Waals surface area (Å²) in [5, 5.41) is 20.8. The van der Waals surface area contributed by atoms with Crippen molar-refractivity contribution >= 4 is 17.3 Å². The Labute approximate surface area is 189 Å². The van der Waals surface area contributed by atoms with Gasteiger partial charge in [-0.15, -0.1) is 0 Å². The summed E-state index contributed by atoms with van der Waals surface area (Å²) in [5.41, 5.74) is 3.95. The van der Waals surface area contributed by atoms with Gasteiger partial charge in [-0.2, -0.15) is 5.26 Å². The average Bonchev–Trinajstić information content (AvgIpc) is 2.74. The van der Waals surface area contributed by atoms with Crippen LogP contribution in [0.2, 0.25) is 0 Å². The van der Waals surface area contributed by atoms with Crippen molar-refractivity contribution in [2.24, 2.45) is 0 Å². The molecule has 0 bridgehead atoms. The van der Waals surface area contributed by atoms with Crippen LogP contribution < -0.4 is 5.32 Å². The van der Waals surface area contributed by atoms with Gasteiger partial charge in [0.2, 0.25) is 0 Å². The van der Waals surface area contributed by atoms with Crippen LogP contribution in [0.15, 0.2) is 60.6 Å². The number of anilines is 1. The molecule has 1 atom stereocenters. The number of amides is 1. The molecule has 0 saturated heterocycles. The maximum absolute atomic E-state index is 12.8. The maximum atomic E-state index is 12.8. The lowest BCUT2D eigenvalue weighted by Gasteiger charge is -2.35. The number of hydrogen-bond acceptors (Lipinski definition) is 5. The lowest BCUT2D eigenvalue weighted by Crippen LogP contribution is -2.34. The zero-order chi connectivity index (χ0) is 23.5. The third kappa shape index (κ3) is 4.78. The molecule has 32 heavy (non-hydrogen) atoms. The number of aryl methyl sites for hydroxylation is 1. The molecule has 1 aromatic heterocycles. The molecule has 1 aliphatic rings. The Kier molecular flexibility index (Phi) is 6.59. The van der Waals surface area contributed by atoms with Crippen LogP contribution >= 0.6 is 0 Å². The Bertz CT molecular complexity index is 1150. The van der Waals surface area contributed by atoms with Crippen LogP contribution in [0.1, 0.15) is 61.3 Å². The number of aromatic nitrogens is 1. The second-order valence-corrected chi connectivity index (χ2v) is 8.57. The third-order valence-electron chi connectivity index (χ3n) is 5.73. The number of nitrogens with one attached hydrogen (secondary N) is 2. The van der Waals surface area contributed by atoms with Crippen LogP contribution in [0.3, 0.4) is 0 Å². The number of nitriles is 1. The van der Waals surface area contributed by atoms with Crippen LogP contribution in [0, 0.1) is 23.7 Å². The van der Waals surface area contributed by atoms with E-state index in [4.69, 9.17) is 5.41 Å². The fourth-order valence-corrected chi connectivity index (χ4v) is 3.53. The molecule has 6 nitrogen and oxygen atoms in total. The molecule has 3 rings (SSSR count). The van der Waals surface area contributed by atoms with E-state index < -0.39 is 5.41 Å². The Balaban J connectivity index is 1.80. The Morgan fingerprint density at radius 3 is 2.72 bits per heavy atom. The summed E-state index contributed by atoms with van der Waals surface area (Å²) < 4.78 is 0. The van der Waals surface area contributed by atoms with Crippen LogP contribution in [-0.2, 0) is 5.41 Å². The molecule has 164 valence electrons. The summed E-state index contributed by atoms with van der Waals surface area (Å²) in [6, 6.07) is 11.4. The predicted octanol–water partition coefficient (Wildman–Crippen LogP) is 5.32. The predicted molar refractivity (Wildman–Crippen MR) is 128 cm³/mol. The maximum Gasteiger partial charge on any atom is 0.255 e. The van der Waals surface area contributed by atoms with E-state index in [1.165, 1.54) is 0 Å². The number of allylic oxidation sites excluding steroid dienone is 2. The number of pyridine rings is 1. The van der Waals surface area contributed by atoms with Gasteiger partial charge in [0.05, 0.1) is 28.9 Å². The topological polar surface area (TPSA) is 92.9 Å². The quantitative estimate of drug-likeness (QED) is 0.585. The standard InChI is InChI=1S/C26H29N5O/c1-6-21-10-12-31(21)18(3)13-23(28)22-15-20(8-7-17(22)2)30-25(32)19-9-11-29-24(14-19)26(4,5)16-27/h7-15,21,28H,6H2,1-5H3,(H,30,32)/b18-13+,28-23?. The van der Waals surface area contributed by atoms with E-state index in [1.54, 1.807) is 32.2 Å². The summed E-state index contributed by atoms with van der Waals surface area (Å²) in [6.07, 6.45) is 8.62. The van der Waals surface area contributed by atoms with Crippen molar-refractivity contribution in [1.82, 2.24) is 9.88 Å². The molecule has 0 saturated carbocycles. The molecule has 2 heterocycles. The number of benzene rings is 1. The first kappa shape index (κ1) is 23.0. The Hall–Kier alpha value is -3.72. The zero-order valence-corrected chi connectivity index (χ0v) is 19.2. The van der Waals surface area contributed by atoms with Crippen LogP contribution in [0.25, 0.3) is 0 Å². The summed E-state index contributed by atoms with van der Waals surface area (Å²) in [5.74, 6) is -0.285. The fourth-order valence-electron chi connectivity index (χ4n) is 3.53. The molecule has 1 aliphatic heterocycles. The Morgan fingerprint density at radius 1 is 1.34 bits per heavy atom. The second kappa shape index (κ2) is 9.19. The molecule has 2 aromatic rings. The molecule has 2 N–H and O–H groups in total. The number of hydrogen-bond donors (Lipinski definition) is 2. The number of carbonyl (C=O) groups is 1. The van der Waals surface area contributed by atoms with Crippen LogP contribution in [0.4, 0.5) is 5.69 Å². The molecule has 0 radical (unpaired) electrons. The first-order valence-electron chi connectivity index (χ1n) is 10.7. The summed E-state index contributed by atoms with van der Waals surface area (Å²) >= 11 is 0. The van der Waals surface area contributed by atoms with E-state index in [0.717, 1.165) is 23.2 Å². The molecule has 1 aromatic carbocycles. The van der Waals surface area contributed by atoms with E-state index in [1.807, 2.05) is 44.3 Å². The molecule has 6 heteroatoms. The van der Waals surface area contributed by atoms with E-state index in [0.29, 0.717) is 28.7 Å². The van der Waals surface area contributed by atoms with Crippen molar-refractivity contribution in [3.63, 3.8) is 0 Å². The smallest absolute Gasteiger partial charge is 0.255 e. The fraction of sp³-hybridized carbons (Fsp3) is 0.308. The molecule has 0 fully saturated rings. The van der Waals surface area contributed by atoms with E-state index in [2.05, 4.69) is 34.3 Å². The van der Waals surface area contributed by atoms with Crippen molar-refractivity contribution in [2.75, 3.05) is 5.32 Å². The highest BCUT2D eigenvalue weighted by Gasteiger charge is 2.23. The lowest BCUT2D eigenvalue weighted by molar-refractivity contribution is 0.102. The summed E-state index contributed by atoms with van der Waals surface area (Å²) in [6.45, 7) is 9.64. The highest BCUT2D eigenvalue weighted by molar-refractivity contribution is 6.09. The van der Waals surface area contributed by atoms with Crippen molar-refractivity contribution in [1.29, 1.82) is 10.7 Å². The number of nitrogens with zero attached hydrogens (tertiary/aromatic N) is 3. The zero-order valence-electron chi connectivity index (χ0n) is 19.2. The molecule has 1 unspecified atom stereocenters. The first-order valence-corrected chi connectivity index (χ1v) is 10.7. The van der Waals surface area contributed by atoms with Gasteiger partial charge in [0.25, 0.3) is 5.91 Å². The molecular weight excluding hydrogens is 398 g/mol. The molecule has 1 amide bonds. The van der Waals surface area contributed by atoms with Gasteiger partial charge in [0, 0.05) is 34.9 Å². The van der Waals surface area contributed by atoms with Crippen molar-refractivity contribution in [3.05, 3.63) is 83.0 Å².